The van der Waals surface area contributed by atoms with Gasteiger partial charge in [0.05, 0.1) is 13.0 Å². The fourth-order valence-corrected chi connectivity index (χ4v) is 1.44. The minimum Gasteiger partial charge on any atom is -0.494 e. The lowest BCUT2D eigenvalue weighted by Gasteiger charge is -2.10. The van der Waals surface area contributed by atoms with Crippen molar-refractivity contribution in [3.05, 3.63) is 29.8 Å². The summed E-state index contributed by atoms with van der Waals surface area (Å²) in [5.74, 6) is 0.0957. The molecule has 0 radical (unpaired) electrons. The van der Waals surface area contributed by atoms with E-state index in [9.17, 15) is 4.79 Å². The lowest BCUT2D eigenvalue weighted by atomic mass is 9.98. The Hall–Kier alpha value is -1.51. The maximum atomic E-state index is 10.5. The van der Waals surface area contributed by atoms with E-state index in [-0.39, 0.29) is 12.3 Å². The number of aliphatic carboxylic acids is 1. The summed E-state index contributed by atoms with van der Waals surface area (Å²) < 4.78 is 5.31. The summed E-state index contributed by atoms with van der Waals surface area (Å²) in [6.45, 7) is 4.48. The van der Waals surface area contributed by atoms with Gasteiger partial charge in [-0.25, -0.2) is 0 Å². The van der Waals surface area contributed by atoms with Gasteiger partial charge >= 0.3 is 5.97 Å². The van der Waals surface area contributed by atoms with Crippen LogP contribution in [0.1, 0.15) is 31.7 Å². The first-order valence-corrected chi connectivity index (χ1v) is 5.08. The smallest absolute Gasteiger partial charge is 0.303 e. The van der Waals surface area contributed by atoms with Gasteiger partial charge in [-0.3, -0.25) is 4.79 Å². The van der Waals surface area contributed by atoms with Gasteiger partial charge in [-0.15, -0.1) is 0 Å². The van der Waals surface area contributed by atoms with Crippen LogP contribution in [-0.2, 0) is 4.79 Å². The molecule has 15 heavy (non-hydrogen) atoms. The number of hydrogen-bond donors (Lipinski definition) is 1. The standard InChI is InChI=1S/C12H16O3/c1-3-15-11-6-4-10(5-7-11)9(2)8-12(13)14/h4-7,9H,3,8H2,1-2H3,(H,13,14)/t9-/m1/s1. The van der Waals surface area contributed by atoms with Crippen LogP contribution in [0.3, 0.4) is 0 Å². The van der Waals surface area contributed by atoms with Crippen LogP contribution in [0.15, 0.2) is 24.3 Å². The summed E-state index contributed by atoms with van der Waals surface area (Å²) in [6.07, 6.45) is 0.161. The summed E-state index contributed by atoms with van der Waals surface area (Å²) in [7, 11) is 0. The van der Waals surface area contributed by atoms with E-state index in [0.717, 1.165) is 11.3 Å². The molecule has 1 N–H and O–H groups in total. The average molecular weight is 208 g/mol. The van der Waals surface area contributed by atoms with Crippen LogP contribution in [0.5, 0.6) is 5.75 Å². The third-order valence-corrected chi connectivity index (χ3v) is 2.24. The van der Waals surface area contributed by atoms with Crippen LogP contribution in [-0.4, -0.2) is 17.7 Å². The fourth-order valence-electron chi connectivity index (χ4n) is 1.44. The number of hydrogen-bond acceptors (Lipinski definition) is 2. The molecule has 0 unspecified atom stereocenters. The van der Waals surface area contributed by atoms with Crippen LogP contribution in [0.2, 0.25) is 0 Å². The lowest BCUT2D eigenvalue weighted by molar-refractivity contribution is -0.137. The quantitative estimate of drug-likeness (QED) is 0.809. The highest BCUT2D eigenvalue weighted by atomic mass is 16.5. The minimum atomic E-state index is -0.767. The van der Waals surface area contributed by atoms with E-state index in [0.29, 0.717) is 6.61 Å². The summed E-state index contributed by atoms with van der Waals surface area (Å²) in [5.41, 5.74) is 1.03. The van der Waals surface area contributed by atoms with E-state index in [1.54, 1.807) is 0 Å². The highest BCUT2D eigenvalue weighted by Gasteiger charge is 2.09. The normalized spacial score (nSPS) is 12.1. The molecular formula is C12H16O3. The van der Waals surface area contributed by atoms with E-state index >= 15 is 0 Å². The molecule has 0 saturated heterocycles. The zero-order valence-electron chi connectivity index (χ0n) is 9.06. The zero-order chi connectivity index (χ0) is 11.3. The number of benzene rings is 1. The number of carbonyl (C=O) groups is 1. The number of carboxylic acid groups (broad SMARTS) is 1. The Morgan fingerprint density at radius 2 is 2.00 bits per heavy atom. The first-order valence-electron chi connectivity index (χ1n) is 5.08. The van der Waals surface area contributed by atoms with Gasteiger partial charge < -0.3 is 9.84 Å². The Bertz CT molecular complexity index is 316. The van der Waals surface area contributed by atoms with Crippen LogP contribution in [0, 0.1) is 0 Å². The van der Waals surface area contributed by atoms with Crippen LogP contribution in [0.25, 0.3) is 0 Å². The van der Waals surface area contributed by atoms with Gasteiger partial charge in [-0.1, -0.05) is 19.1 Å². The van der Waals surface area contributed by atoms with E-state index < -0.39 is 5.97 Å². The van der Waals surface area contributed by atoms with Gasteiger partial charge in [0, 0.05) is 0 Å². The van der Waals surface area contributed by atoms with E-state index in [1.165, 1.54) is 0 Å². The van der Waals surface area contributed by atoms with E-state index in [4.69, 9.17) is 9.84 Å². The molecule has 0 bridgehead atoms. The van der Waals surface area contributed by atoms with Crippen molar-refractivity contribution in [3.8, 4) is 5.75 Å². The number of rotatable bonds is 5. The Morgan fingerprint density at radius 1 is 1.40 bits per heavy atom. The molecule has 0 fully saturated rings. The van der Waals surface area contributed by atoms with Gasteiger partial charge in [-0.05, 0) is 30.5 Å². The average Bonchev–Trinajstić information content (AvgIpc) is 2.18. The van der Waals surface area contributed by atoms with Crippen molar-refractivity contribution in [2.45, 2.75) is 26.2 Å². The largest absolute Gasteiger partial charge is 0.494 e. The highest BCUT2D eigenvalue weighted by Crippen LogP contribution is 2.21. The molecule has 0 aliphatic heterocycles. The van der Waals surface area contributed by atoms with Crippen molar-refractivity contribution < 1.29 is 14.6 Å². The van der Waals surface area contributed by atoms with Crippen molar-refractivity contribution in [1.82, 2.24) is 0 Å². The fraction of sp³-hybridized carbons (Fsp3) is 0.417. The number of carboxylic acids is 1. The van der Waals surface area contributed by atoms with Gasteiger partial charge in [0.1, 0.15) is 5.75 Å². The Labute approximate surface area is 89.7 Å². The van der Waals surface area contributed by atoms with Gasteiger partial charge in [0.2, 0.25) is 0 Å². The third-order valence-electron chi connectivity index (χ3n) is 2.24. The van der Waals surface area contributed by atoms with Crippen molar-refractivity contribution in [3.63, 3.8) is 0 Å². The lowest BCUT2D eigenvalue weighted by Crippen LogP contribution is -2.02. The van der Waals surface area contributed by atoms with Gasteiger partial charge in [0.15, 0.2) is 0 Å². The molecular weight excluding hydrogens is 192 g/mol. The topological polar surface area (TPSA) is 46.5 Å². The third kappa shape index (κ3) is 3.62. The maximum Gasteiger partial charge on any atom is 0.303 e. The second-order valence-corrected chi connectivity index (χ2v) is 3.50. The second kappa shape index (κ2) is 5.39. The molecule has 1 aromatic carbocycles. The van der Waals surface area contributed by atoms with Crippen molar-refractivity contribution >= 4 is 5.97 Å². The van der Waals surface area contributed by atoms with Gasteiger partial charge in [0.25, 0.3) is 0 Å². The predicted octanol–water partition coefficient (Wildman–Crippen LogP) is 2.66. The molecule has 0 aromatic heterocycles. The monoisotopic (exact) mass is 208 g/mol. The van der Waals surface area contributed by atoms with Crippen LogP contribution in [0.4, 0.5) is 0 Å². The molecule has 1 rings (SSSR count). The SMILES string of the molecule is CCOc1ccc([C@H](C)CC(=O)O)cc1. The van der Waals surface area contributed by atoms with Gasteiger partial charge in [-0.2, -0.15) is 0 Å². The Balaban J connectivity index is 2.66. The molecule has 3 heteroatoms. The summed E-state index contributed by atoms with van der Waals surface area (Å²) >= 11 is 0. The van der Waals surface area contributed by atoms with Crippen LogP contribution < -0.4 is 4.74 Å². The Kier molecular flexibility index (Phi) is 4.16. The highest BCUT2D eigenvalue weighted by molar-refractivity contribution is 5.67. The molecule has 1 aromatic rings. The summed E-state index contributed by atoms with van der Waals surface area (Å²) in [5, 5.41) is 8.66. The molecule has 0 amide bonds. The Morgan fingerprint density at radius 3 is 2.47 bits per heavy atom. The van der Waals surface area contributed by atoms with E-state index in [1.807, 2.05) is 38.1 Å². The first-order chi connectivity index (χ1) is 7.13. The molecule has 0 aliphatic rings. The molecule has 0 aliphatic carbocycles. The maximum absolute atomic E-state index is 10.5. The summed E-state index contributed by atoms with van der Waals surface area (Å²) in [4.78, 5) is 10.5. The van der Waals surface area contributed by atoms with Crippen LogP contribution >= 0.6 is 0 Å². The summed E-state index contributed by atoms with van der Waals surface area (Å²) in [6, 6.07) is 7.57. The molecule has 0 spiro atoms. The first kappa shape index (κ1) is 11.6. The van der Waals surface area contributed by atoms with E-state index in [2.05, 4.69) is 0 Å². The predicted molar refractivity (Wildman–Crippen MR) is 58.3 cm³/mol. The molecule has 0 heterocycles. The molecule has 82 valence electrons. The zero-order valence-corrected chi connectivity index (χ0v) is 9.06. The van der Waals surface area contributed by atoms with Crippen molar-refractivity contribution in [2.75, 3.05) is 6.61 Å². The molecule has 3 nitrogen and oxygen atoms in total. The van der Waals surface area contributed by atoms with Crippen molar-refractivity contribution in [2.24, 2.45) is 0 Å². The molecule has 0 saturated carbocycles. The van der Waals surface area contributed by atoms with Crippen molar-refractivity contribution in [1.29, 1.82) is 0 Å². The minimum absolute atomic E-state index is 0.0400. The molecule has 1 atom stereocenters. The number of ether oxygens (including phenoxy) is 1. The second-order valence-electron chi connectivity index (χ2n) is 3.50.